The minimum atomic E-state index is -0.345. The average molecular weight is 536 g/mol. The predicted molar refractivity (Wildman–Crippen MR) is 167 cm³/mol. The summed E-state index contributed by atoms with van der Waals surface area (Å²) in [5.74, 6) is -0.345. The number of ether oxygens (including phenoxy) is 1. The number of carbonyl (C=O) groups is 1. The van der Waals surface area contributed by atoms with Crippen LogP contribution < -0.4 is 10.5 Å². The van der Waals surface area contributed by atoms with Crippen LogP contribution in [0, 0.1) is 0 Å². The Labute approximate surface area is 236 Å². The molecule has 5 nitrogen and oxygen atoms in total. The first-order valence-electron chi connectivity index (χ1n) is 14.0. The molecule has 0 radical (unpaired) electrons. The molecule has 0 N–H and O–H groups in total. The fraction of sp³-hybridized carbons (Fsp3) is 0.257. The van der Waals surface area contributed by atoms with Crippen molar-refractivity contribution in [2.45, 2.75) is 40.0 Å². The van der Waals surface area contributed by atoms with Crippen LogP contribution in [0.25, 0.3) is 35.3 Å². The fourth-order valence-electron chi connectivity index (χ4n) is 4.86. The zero-order chi connectivity index (χ0) is 28.5. The lowest BCUT2D eigenvalue weighted by Crippen LogP contribution is -2.24. The Bertz CT molecular complexity index is 1550. The minimum Gasteiger partial charge on any atom is -0.465 e. The highest BCUT2D eigenvalue weighted by Gasteiger charge is 2.14. The molecule has 0 aliphatic rings. The van der Waals surface area contributed by atoms with E-state index in [0.29, 0.717) is 16.7 Å². The second kappa shape index (κ2) is 13.6. The topological polar surface area (TPSA) is 59.8 Å². The standard InChI is InChI=1S/C35H37NO4/c1-5-22-36(23-6-2)29-19-21-31-30(7-3)32(35(38)40-33(31)24-29)20-16-26-11-8-25(9-12-26)10-13-27-14-17-28(18-15-27)34(37)39-4/h8-21,24H,5-7,22-23H2,1-4H3/b13-10+,20-16+. The van der Waals surface area contributed by atoms with E-state index in [1.54, 1.807) is 12.1 Å². The van der Waals surface area contributed by atoms with Gasteiger partial charge in [-0.1, -0.05) is 75.4 Å². The minimum absolute atomic E-state index is 0.312. The molecule has 206 valence electrons. The molecule has 4 rings (SSSR count). The van der Waals surface area contributed by atoms with Gasteiger partial charge in [-0.05, 0) is 71.9 Å². The molecule has 0 saturated heterocycles. The molecular formula is C35H37NO4. The van der Waals surface area contributed by atoms with Crippen LogP contribution in [0.3, 0.4) is 0 Å². The van der Waals surface area contributed by atoms with Crippen LogP contribution in [0.5, 0.6) is 0 Å². The second-order valence-corrected chi connectivity index (χ2v) is 9.75. The van der Waals surface area contributed by atoms with Crippen molar-refractivity contribution in [3.8, 4) is 0 Å². The zero-order valence-electron chi connectivity index (χ0n) is 23.8. The summed E-state index contributed by atoms with van der Waals surface area (Å²) in [6, 6.07) is 21.6. The van der Waals surface area contributed by atoms with Gasteiger partial charge in [0.1, 0.15) is 5.58 Å². The number of hydrogen-bond acceptors (Lipinski definition) is 5. The maximum absolute atomic E-state index is 13.0. The van der Waals surface area contributed by atoms with Crippen LogP contribution in [-0.2, 0) is 11.2 Å². The van der Waals surface area contributed by atoms with Crippen molar-refractivity contribution in [2.75, 3.05) is 25.1 Å². The fourth-order valence-corrected chi connectivity index (χ4v) is 4.86. The van der Waals surface area contributed by atoms with Crippen LogP contribution >= 0.6 is 0 Å². The van der Waals surface area contributed by atoms with Crippen molar-refractivity contribution in [3.63, 3.8) is 0 Å². The lowest BCUT2D eigenvalue weighted by molar-refractivity contribution is 0.0600. The van der Waals surface area contributed by atoms with Gasteiger partial charge in [0.05, 0.1) is 18.2 Å². The molecule has 40 heavy (non-hydrogen) atoms. The maximum Gasteiger partial charge on any atom is 0.343 e. The largest absolute Gasteiger partial charge is 0.465 e. The molecule has 0 atom stereocenters. The van der Waals surface area contributed by atoms with E-state index in [-0.39, 0.29) is 11.6 Å². The van der Waals surface area contributed by atoms with Gasteiger partial charge >= 0.3 is 11.6 Å². The molecule has 0 aliphatic carbocycles. The van der Waals surface area contributed by atoms with Crippen molar-refractivity contribution in [2.24, 2.45) is 0 Å². The van der Waals surface area contributed by atoms with E-state index in [1.807, 2.05) is 66.8 Å². The number of methoxy groups -OCH3 is 1. The highest BCUT2D eigenvalue weighted by Crippen LogP contribution is 2.27. The molecule has 0 unspecified atom stereocenters. The van der Waals surface area contributed by atoms with E-state index >= 15 is 0 Å². The van der Waals surface area contributed by atoms with E-state index in [1.165, 1.54) is 7.11 Å². The number of hydrogen-bond donors (Lipinski definition) is 0. The quantitative estimate of drug-likeness (QED) is 0.110. The van der Waals surface area contributed by atoms with Gasteiger partial charge in [0.2, 0.25) is 0 Å². The first-order chi connectivity index (χ1) is 19.5. The van der Waals surface area contributed by atoms with E-state index in [2.05, 4.69) is 37.8 Å². The number of anilines is 1. The Morgan fingerprint density at radius 3 is 1.88 bits per heavy atom. The third-order valence-electron chi connectivity index (χ3n) is 6.92. The van der Waals surface area contributed by atoms with Crippen LogP contribution in [0.15, 0.2) is 75.9 Å². The van der Waals surface area contributed by atoms with Gasteiger partial charge in [-0.2, -0.15) is 0 Å². The molecule has 1 aromatic heterocycles. The number of aryl methyl sites for hydroxylation is 1. The monoisotopic (exact) mass is 535 g/mol. The number of carbonyl (C=O) groups excluding carboxylic acids is 1. The summed E-state index contributed by atoms with van der Waals surface area (Å²) in [6.07, 6.45) is 10.7. The molecule has 0 bridgehead atoms. The van der Waals surface area contributed by atoms with E-state index in [4.69, 9.17) is 9.15 Å². The van der Waals surface area contributed by atoms with Gasteiger partial charge < -0.3 is 14.1 Å². The van der Waals surface area contributed by atoms with Crippen LogP contribution in [0.2, 0.25) is 0 Å². The van der Waals surface area contributed by atoms with Crippen LogP contribution in [0.4, 0.5) is 5.69 Å². The summed E-state index contributed by atoms with van der Waals surface area (Å²) in [4.78, 5) is 27.0. The van der Waals surface area contributed by atoms with Crippen molar-refractivity contribution in [3.05, 3.63) is 111 Å². The van der Waals surface area contributed by atoms with E-state index in [9.17, 15) is 9.59 Å². The smallest absolute Gasteiger partial charge is 0.343 e. The predicted octanol–water partition coefficient (Wildman–Crippen LogP) is 8.11. The van der Waals surface area contributed by atoms with Crippen molar-refractivity contribution in [1.29, 1.82) is 0 Å². The van der Waals surface area contributed by atoms with Gasteiger partial charge in [-0.25, -0.2) is 9.59 Å². The lowest BCUT2D eigenvalue weighted by Gasteiger charge is -2.24. The number of benzene rings is 3. The van der Waals surface area contributed by atoms with E-state index < -0.39 is 0 Å². The molecular weight excluding hydrogens is 498 g/mol. The highest BCUT2D eigenvalue weighted by atomic mass is 16.5. The Morgan fingerprint density at radius 2 is 1.35 bits per heavy atom. The van der Waals surface area contributed by atoms with Gasteiger partial charge in [0.15, 0.2) is 0 Å². The SMILES string of the molecule is CCCN(CCC)c1ccc2c(CC)c(/C=C/c3ccc(/C=C/c4ccc(C(=O)OC)cc4)cc3)c(=O)oc2c1. The number of esters is 1. The Balaban J connectivity index is 1.53. The van der Waals surface area contributed by atoms with Crippen molar-refractivity contribution >= 4 is 46.9 Å². The molecule has 5 heteroatoms. The first-order valence-corrected chi connectivity index (χ1v) is 14.0. The van der Waals surface area contributed by atoms with Crippen LogP contribution in [0.1, 0.15) is 71.8 Å². The lowest BCUT2D eigenvalue weighted by atomic mass is 10.0. The average Bonchev–Trinajstić information content (AvgIpc) is 2.98. The van der Waals surface area contributed by atoms with Gasteiger partial charge in [0.25, 0.3) is 0 Å². The molecule has 4 aromatic rings. The third kappa shape index (κ3) is 6.78. The molecule has 0 fully saturated rings. The normalized spacial score (nSPS) is 11.5. The molecule has 0 spiro atoms. The molecule has 0 amide bonds. The van der Waals surface area contributed by atoms with Crippen molar-refractivity contribution in [1.82, 2.24) is 0 Å². The number of nitrogens with zero attached hydrogens (tertiary/aromatic N) is 1. The summed E-state index contributed by atoms with van der Waals surface area (Å²) in [5, 5.41) is 0.985. The summed E-state index contributed by atoms with van der Waals surface area (Å²) in [5.41, 5.74) is 6.58. The summed E-state index contributed by atoms with van der Waals surface area (Å²) >= 11 is 0. The summed E-state index contributed by atoms with van der Waals surface area (Å²) in [7, 11) is 1.37. The van der Waals surface area contributed by atoms with Gasteiger partial charge in [-0.15, -0.1) is 0 Å². The Morgan fingerprint density at radius 1 is 0.800 bits per heavy atom. The molecule has 0 aliphatic heterocycles. The molecule has 0 saturated carbocycles. The summed E-state index contributed by atoms with van der Waals surface area (Å²) in [6.45, 7) is 8.38. The Hall–Kier alpha value is -4.38. The second-order valence-electron chi connectivity index (χ2n) is 9.75. The molecule has 3 aromatic carbocycles. The third-order valence-corrected chi connectivity index (χ3v) is 6.92. The van der Waals surface area contributed by atoms with Gasteiger partial charge in [0, 0.05) is 30.2 Å². The number of fused-ring (bicyclic) bond motifs is 1. The first kappa shape index (κ1) is 28.6. The number of rotatable bonds is 11. The Kier molecular flexibility index (Phi) is 9.74. The van der Waals surface area contributed by atoms with Crippen LogP contribution in [-0.4, -0.2) is 26.2 Å². The summed E-state index contributed by atoms with van der Waals surface area (Å²) < 4.78 is 10.6. The highest BCUT2D eigenvalue weighted by molar-refractivity contribution is 5.90. The van der Waals surface area contributed by atoms with Crippen molar-refractivity contribution < 1.29 is 13.9 Å². The van der Waals surface area contributed by atoms with E-state index in [0.717, 1.165) is 65.7 Å². The molecule has 1 heterocycles. The maximum atomic E-state index is 13.0. The van der Waals surface area contributed by atoms with Gasteiger partial charge in [-0.3, -0.25) is 0 Å². The zero-order valence-corrected chi connectivity index (χ0v) is 23.8.